The number of nitrogens with one attached hydrogen (secondary N) is 1. The van der Waals surface area contributed by atoms with Crippen LogP contribution in [0.2, 0.25) is 0 Å². The van der Waals surface area contributed by atoms with Gasteiger partial charge in [-0.15, -0.1) is 0 Å². The summed E-state index contributed by atoms with van der Waals surface area (Å²) in [7, 11) is 0. The lowest BCUT2D eigenvalue weighted by atomic mass is 10.1. The van der Waals surface area contributed by atoms with E-state index in [1.807, 2.05) is 48.5 Å². The maximum absolute atomic E-state index is 12.5. The van der Waals surface area contributed by atoms with E-state index in [2.05, 4.69) is 45.2 Å². The molecule has 1 aliphatic rings. The highest BCUT2D eigenvalue weighted by molar-refractivity contribution is 5.93. The van der Waals surface area contributed by atoms with Crippen LogP contribution in [-0.2, 0) is 24.4 Å². The van der Waals surface area contributed by atoms with Crippen molar-refractivity contribution >= 4 is 11.6 Å². The van der Waals surface area contributed by atoms with Gasteiger partial charge in [-0.1, -0.05) is 43.3 Å². The van der Waals surface area contributed by atoms with E-state index in [9.17, 15) is 4.79 Å². The van der Waals surface area contributed by atoms with Crippen LogP contribution in [0.3, 0.4) is 0 Å². The Morgan fingerprint density at radius 2 is 1.67 bits per heavy atom. The third-order valence-electron chi connectivity index (χ3n) is 5.95. The van der Waals surface area contributed by atoms with E-state index in [4.69, 9.17) is 4.74 Å². The fraction of sp³-hybridized carbons (Fsp3) is 0.333. The maximum atomic E-state index is 12.5. The van der Waals surface area contributed by atoms with Crippen LogP contribution in [0.25, 0.3) is 0 Å². The number of anilines is 1. The van der Waals surface area contributed by atoms with Gasteiger partial charge in [-0.2, -0.15) is 0 Å². The molecule has 1 amide bonds. The molecule has 0 bridgehead atoms. The lowest BCUT2D eigenvalue weighted by Gasteiger charge is -2.34. The van der Waals surface area contributed by atoms with Crippen LogP contribution in [0.4, 0.5) is 5.69 Å². The van der Waals surface area contributed by atoms with Gasteiger partial charge < -0.3 is 10.1 Å². The van der Waals surface area contributed by atoms with Crippen molar-refractivity contribution < 1.29 is 9.53 Å². The summed E-state index contributed by atoms with van der Waals surface area (Å²) in [5.41, 5.74) is 4.28. The summed E-state index contributed by atoms with van der Waals surface area (Å²) in [6, 6.07) is 22.1. The summed E-state index contributed by atoms with van der Waals surface area (Å²) in [6.45, 7) is 7.63. The van der Waals surface area contributed by atoms with Crippen molar-refractivity contribution in [3.63, 3.8) is 0 Å². The first-order valence-electron chi connectivity index (χ1n) is 11.6. The van der Waals surface area contributed by atoms with E-state index in [-0.39, 0.29) is 5.91 Å². The number of carbonyl (C=O) groups excluding carboxylic acids is 1. The fourth-order valence-electron chi connectivity index (χ4n) is 4.04. The summed E-state index contributed by atoms with van der Waals surface area (Å²) >= 11 is 0. The number of rotatable bonds is 9. The van der Waals surface area contributed by atoms with Gasteiger partial charge in [0.25, 0.3) is 0 Å². The number of pyridine rings is 1. The molecule has 0 spiro atoms. The first kappa shape index (κ1) is 23.0. The Labute approximate surface area is 196 Å². The average molecular weight is 445 g/mol. The molecule has 0 unspecified atom stereocenters. The summed E-state index contributed by atoms with van der Waals surface area (Å²) in [4.78, 5) is 21.5. The molecule has 2 aromatic carbocycles. The second kappa shape index (κ2) is 11.6. The first-order valence-corrected chi connectivity index (χ1v) is 11.6. The van der Waals surface area contributed by atoms with Gasteiger partial charge in [0.1, 0.15) is 12.4 Å². The Kier molecular flexibility index (Phi) is 8.06. The Balaban J connectivity index is 1.19. The topological polar surface area (TPSA) is 57.7 Å². The Morgan fingerprint density at radius 1 is 0.939 bits per heavy atom. The molecular formula is C27H32N4O2. The van der Waals surface area contributed by atoms with E-state index in [1.165, 1.54) is 11.1 Å². The third-order valence-corrected chi connectivity index (χ3v) is 5.95. The van der Waals surface area contributed by atoms with Gasteiger partial charge >= 0.3 is 0 Å². The predicted molar refractivity (Wildman–Crippen MR) is 131 cm³/mol. The van der Waals surface area contributed by atoms with Crippen molar-refractivity contribution in [3.05, 3.63) is 89.7 Å². The molecule has 1 N–H and O–H groups in total. The van der Waals surface area contributed by atoms with Crippen molar-refractivity contribution in [2.45, 2.75) is 26.5 Å². The van der Waals surface area contributed by atoms with Crippen LogP contribution >= 0.6 is 0 Å². The standard InChI is InChI=1S/C27H32N4O2/c1-2-23-7-3-4-9-26(23)29-27(32)20-31-17-15-30(16-18-31)19-22-10-12-25(13-11-22)33-21-24-8-5-6-14-28-24/h3-14H,2,15-21H2,1H3,(H,29,32). The number of aryl methyl sites for hydroxylation is 1. The molecule has 1 aliphatic heterocycles. The highest BCUT2D eigenvalue weighted by atomic mass is 16.5. The smallest absolute Gasteiger partial charge is 0.238 e. The van der Waals surface area contributed by atoms with E-state index >= 15 is 0 Å². The zero-order valence-electron chi connectivity index (χ0n) is 19.2. The van der Waals surface area contributed by atoms with Crippen molar-refractivity contribution in [3.8, 4) is 5.75 Å². The Bertz CT molecular complexity index is 1020. The van der Waals surface area contributed by atoms with E-state index < -0.39 is 0 Å². The zero-order chi connectivity index (χ0) is 22.9. The highest BCUT2D eigenvalue weighted by Gasteiger charge is 2.19. The minimum atomic E-state index is 0.0608. The van der Waals surface area contributed by atoms with Gasteiger partial charge in [-0.05, 0) is 47.9 Å². The van der Waals surface area contributed by atoms with Crippen LogP contribution in [-0.4, -0.2) is 53.4 Å². The number of carbonyl (C=O) groups is 1. The molecule has 0 atom stereocenters. The molecule has 1 fully saturated rings. The van der Waals surface area contributed by atoms with Crippen molar-refractivity contribution in [1.29, 1.82) is 0 Å². The predicted octanol–water partition coefficient (Wildman–Crippen LogP) is 3.98. The normalized spacial score (nSPS) is 14.7. The summed E-state index contributed by atoms with van der Waals surface area (Å²) in [5.74, 6) is 0.913. The molecule has 33 heavy (non-hydrogen) atoms. The Hall–Kier alpha value is -3.22. The van der Waals surface area contributed by atoms with E-state index in [0.717, 1.165) is 56.3 Å². The zero-order valence-corrected chi connectivity index (χ0v) is 19.2. The number of nitrogens with zero attached hydrogens (tertiary/aromatic N) is 3. The number of ether oxygens (including phenoxy) is 1. The lowest BCUT2D eigenvalue weighted by Crippen LogP contribution is -2.48. The van der Waals surface area contributed by atoms with Crippen LogP contribution in [0.1, 0.15) is 23.7 Å². The number of piperazine rings is 1. The largest absolute Gasteiger partial charge is 0.487 e. The fourth-order valence-corrected chi connectivity index (χ4v) is 4.04. The molecule has 1 aromatic heterocycles. The molecule has 2 heterocycles. The van der Waals surface area contributed by atoms with Crippen LogP contribution in [0.15, 0.2) is 72.9 Å². The quantitative estimate of drug-likeness (QED) is 0.541. The van der Waals surface area contributed by atoms with Crippen molar-refractivity contribution in [2.75, 3.05) is 38.0 Å². The van der Waals surface area contributed by atoms with Gasteiger partial charge in [0.2, 0.25) is 5.91 Å². The van der Waals surface area contributed by atoms with E-state index in [0.29, 0.717) is 13.2 Å². The molecular weight excluding hydrogens is 412 g/mol. The van der Waals surface area contributed by atoms with Crippen molar-refractivity contribution in [1.82, 2.24) is 14.8 Å². The van der Waals surface area contributed by atoms with Crippen LogP contribution in [0, 0.1) is 0 Å². The maximum Gasteiger partial charge on any atom is 0.238 e. The molecule has 0 aliphatic carbocycles. The summed E-state index contributed by atoms with van der Waals surface area (Å²) < 4.78 is 5.82. The second-order valence-corrected chi connectivity index (χ2v) is 8.36. The van der Waals surface area contributed by atoms with Gasteiger partial charge in [0.05, 0.1) is 12.2 Å². The number of amides is 1. The number of para-hydroxylation sites is 1. The minimum Gasteiger partial charge on any atom is -0.487 e. The first-order chi connectivity index (χ1) is 16.2. The number of benzene rings is 2. The molecule has 172 valence electrons. The van der Waals surface area contributed by atoms with Crippen LogP contribution < -0.4 is 10.1 Å². The monoisotopic (exact) mass is 444 g/mol. The molecule has 6 nitrogen and oxygen atoms in total. The van der Waals surface area contributed by atoms with Gasteiger partial charge in [-0.3, -0.25) is 19.6 Å². The molecule has 0 radical (unpaired) electrons. The second-order valence-electron chi connectivity index (χ2n) is 8.36. The summed E-state index contributed by atoms with van der Waals surface area (Å²) in [5, 5.41) is 3.08. The average Bonchev–Trinajstić information content (AvgIpc) is 2.86. The minimum absolute atomic E-state index is 0.0608. The SMILES string of the molecule is CCc1ccccc1NC(=O)CN1CCN(Cc2ccc(OCc3ccccn3)cc2)CC1. The van der Waals surface area contributed by atoms with Gasteiger partial charge in [-0.25, -0.2) is 0 Å². The van der Waals surface area contributed by atoms with E-state index in [1.54, 1.807) is 6.20 Å². The molecule has 1 saturated heterocycles. The molecule has 0 saturated carbocycles. The van der Waals surface area contributed by atoms with Gasteiger partial charge in [0, 0.05) is 44.6 Å². The number of aromatic nitrogens is 1. The summed E-state index contributed by atoms with van der Waals surface area (Å²) in [6.07, 6.45) is 2.69. The number of hydrogen-bond donors (Lipinski definition) is 1. The Morgan fingerprint density at radius 3 is 2.39 bits per heavy atom. The van der Waals surface area contributed by atoms with Gasteiger partial charge in [0.15, 0.2) is 0 Å². The molecule has 6 heteroatoms. The van der Waals surface area contributed by atoms with Crippen LogP contribution in [0.5, 0.6) is 5.75 Å². The van der Waals surface area contributed by atoms with Crippen molar-refractivity contribution in [2.24, 2.45) is 0 Å². The third kappa shape index (κ3) is 6.88. The highest BCUT2D eigenvalue weighted by Crippen LogP contribution is 2.17. The lowest BCUT2D eigenvalue weighted by molar-refractivity contribution is -0.117. The molecule has 3 aromatic rings. The molecule has 4 rings (SSSR count). The number of hydrogen-bond acceptors (Lipinski definition) is 5.